The van der Waals surface area contributed by atoms with Gasteiger partial charge < -0.3 is 14.8 Å². The van der Waals surface area contributed by atoms with E-state index in [4.69, 9.17) is 21.1 Å². The summed E-state index contributed by atoms with van der Waals surface area (Å²) in [4.78, 5) is 12.4. The topological polar surface area (TPSA) is 47.6 Å². The minimum Gasteiger partial charge on any atom is -0.495 e. The lowest BCUT2D eigenvalue weighted by molar-refractivity contribution is 0.102. The Morgan fingerprint density at radius 3 is 2.23 bits per heavy atom. The van der Waals surface area contributed by atoms with E-state index >= 15 is 0 Å². The number of nitrogens with one attached hydrogen (secondary N) is 1. The summed E-state index contributed by atoms with van der Waals surface area (Å²) in [5, 5.41) is 3.27. The second kappa shape index (κ2) is 7.03. The molecule has 0 aliphatic rings. The van der Waals surface area contributed by atoms with E-state index in [0.717, 1.165) is 5.56 Å². The second-order valence-corrected chi connectivity index (χ2v) is 5.83. The number of carbonyl (C=O) groups is 1. The predicted molar refractivity (Wildman–Crippen MR) is 91.4 cm³/mol. The summed E-state index contributed by atoms with van der Waals surface area (Å²) in [6.07, 6.45) is 0. The molecule has 0 unspecified atom stereocenters. The van der Waals surface area contributed by atoms with Crippen LogP contribution < -0.4 is 14.8 Å². The monoisotopic (exact) mass is 383 g/mol. The molecule has 0 heterocycles. The van der Waals surface area contributed by atoms with Gasteiger partial charge in [-0.15, -0.1) is 0 Å². The van der Waals surface area contributed by atoms with Gasteiger partial charge in [-0.05, 0) is 52.7 Å². The van der Waals surface area contributed by atoms with Gasteiger partial charge in [-0.2, -0.15) is 0 Å². The quantitative estimate of drug-likeness (QED) is 0.832. The standard InChI is InChI=1S/C16H15BrClNO3/c1-9-4-5-12(11(18)6-9)19-16(20)10-7-13(21-2)15(17)14(8-10)22-3/h4-8H,1-3H3,(H,19,20). The summed E-state index contributed by atoms with van der Waals surface area (Å²) in [5.41, 5.74) is 1.99. The van der Waals surface area contributed by atoms with E-state index in [0.29, 0.717) is 32.2 Å². The highest BCUT2D eigenvalue weighted by Crippen LogP contribution is 2.36. The van der Waals surface area contributed by atoms with Crippen LogP contribution in [0.15, 0.2) is 34.8 Å². The number of methoxy groups -OCH3 is 2. The molecular formula is C16H15BrClNO3. The number of benzene rings is 2. The normalized spacial score (nSPS) is 10.2. The van der Waals surface area contributed by atoms with Crippen LogP contribution in [0.5, 0.6) is 11.5 Å². The Kier molecular flexibility index (Phi) is 5.32. The van der Waals surface area contributed by atoms with E-state index in [1.165, 1.54) is 14.2 Å². The first-order valence-electron chi connectivity index (χ1n) is 6.45. The Morgan fingerprint density at radius 2 is 1.73 bits per heavy atom. The number of rotatable bonds is 4. The summed E-state index contributed by atoms with van der Waals surface area (Å²) in [6.45, 7) is 1.93. The van der Waals surface area contributed by atoms with E-state index in [1.807, 2.05) is 13.0 Å². The van der Waals surface area contributed by atoms with Gasteiger partial charge >= 0.3 is 0 Å². The molecule has 1 amide bonds. The molecule has 2 aromatic carbocycles. The van der Waals surface area contributed by atoms with Gasteiger partial charge in [0.15, 0.2) is 0 Å². The zero-order valence-corrected chi connectivity index (χ0v) is 14.7. The van der Waals surface area contributed by atoms with Gasteiger partial charge in [-0.1, -0.05) is 17.7 Å². The molecule has 0 fully saturated rings. The number of anilines is 1. The fourth-order valence-corrected chi connectivity index (χ4v) is 2.75. The molecular weight excluding hydrogens is 370 g/mol. The van der Waals surface area contributed by atoms with Crippen molar-refractivity contribution in [2.24, 2.45) is 0 Å². The second-order valence-electron chi connectivity index (χ2n) is 4.63. The summed E-state index contributed by atoms with van der Waals surface area (Å²) < 4.78 is 11.1. The van der Waals surface area contributed by atoms with Gasteiger partial charge in [0.2, 0.25) is 0 Å². The van der Waals surface area contributed by atoms with Crippen molar-refractivity contribution in [3.05, 3.63) is 51.0 Å². The molecule has 0 saturated carbocycles. The third-order valence-corrected chi connectivity index (χ3v) is 4.17. The number of halogens is 2. The Hall–Kier alpha value is -1.72. The minimum absolute atomic E-state index is 0.296. The zero-order valence-electron chi connectivity index (χ0n) is 12.4. The molecule has 0 aliphatic heterocycles. The van der Waals surface area contributed by atoms with Crippen LogP contribution >= 0.6 is 27.5 Å². The molecule has 6 heteroatoms. The fraction of sp³-hybridized carbons (Fsp3) is 0.188. The summed E-state index contributed by atoms with van der Waals surface area (Å²) in [5.74, 6) is 0.730. The molecule has 0 bridgehead atoms. The number of aryl methyl sites for hydroxylation is 1. The van der Waals surface area contributed by atoms with E-state index < -0.39 is 0 Å². The van der Waals surface area contributed by atoms with Gasteiger partial charge in [-0.3, -0.25) is 4.79 Å². The molecule has 1 N–H and O–H groups in total. The third-order valence-electron chi connectivity index (χ3n) is 3.08. The summed E-state index contributed by atoms with van der Waals surface area (Å²) in [6, 6.07) is 8.70. The van der Waals surface area contributed by atoms with Crippen LogP contribution in [0.3, 0.4) is 0 Å². The fourth-order valence-electron chi connectivity index (χ4n) is 1.92. The third kappa shape index (κ3) is 3.54. The molecule has 0 atom stereocenters. The molecule has 0 aliphatic carbocycles. The maximum Gasteiger partial charge on any atom is 0.255 e. The Balaban J connectivity index is 2.33. The summed E-state index contributed by atoms with van der Waals surface area (Å²) in [7, 11) is 3.05. The van der Waals surface area contributed by atoms with E-state index in [1.54, 1.807) is 24.3 Å². The van der Waals surface area contributed by atoms with Crippen LogP contribution in [-0.2, 0) is 0 Å². The molecule has 0 spiro atoms. The average molecular weight is 385 g/mol. The first kappa shape index (κ1) is 16.6. The molecule has 116 valence electrons. The van der Waals surface area contributed by atoms with Gasteiger partial charge in [-0.25, -0.2) is 0 Å². The maximum absolute atomic E-state index is 12.4. The van der Waals surface area contributed by atoms with E-state index in [9.17, 15) is 4.79 Å². The van der Waals surface area contributed by atoms with Crippen LogP contribution in [0.2, 0.25) is 5.02 Å². The van der Waals surface area contributed by atoms with Crippen LogP contribution in [0, 0.1) is 6.92 Å². The molecule has 0 saturated heterocycles. The molecule has 4 nitrogen and oxygen atoms in total. The highest BCUT2D eigenvalue weighted by Gasteiger charge is 2.15. The predicted octanol–water partition coefficient (Wildman–Crippen LogP) is 4.68. The number of hydrogen-bond donors (Lipinski definition) is 1. The van der Waals surface area contributed by atoms with Crippen molar-refractivity contribution in [1.82, 2.24) is 0 Å². The van der Waals surface area contributed by atoms with Crippen molar-refractivity contribution < 1.29 is 14.3 Å². The average Bonchev–Trinajstić information content (AvgIpc) is 2.50. The van der Waals surface area contributed by atoms with Crippen molar-refractivity contribution in [1.29, 1.82) is 0 Å². The van der Waals surface area contributed by atoms with Crippen LogP contribution in [0.4, 0.5) is 5.69 Å². The molecule has 0 radical (unpaired) electrons. The van der Waals surface area contributed by atoms with Gasteiger partial charge in [0, 0.05) is 5.56 Å². The first-order chi connectivity index (χ1) is 10.5. The zero-order chi connectivity index (χ0) is 16.3. The van der Waals surface area contributed by atoms with Crippen LogP contribution in [-0.4, -0.2) is 20.1 Å². The highest BCUT2D eigenvalue weighted by atomic mass is 79.9. The lowest BCUT2D eigenvalue weighted by Gasteiger charge is -2.12. The van der Waals surface area contributed by atoms with E-state index in [-0.39, 0.29) is 5.91 Å². The van der Waals surface area contributed by atoms with Gasteiger partial charge in [0.05, 0.1) is 24.9 Å². The first-order valence-corrected chi connectivity index (χ1v) is 7.62. The van der Waals surface area contributed by atoms with Crippen molar-refractivity contribution in [3.8, 4) is 11.5 Å². The largest absolute Gasteiger partial charge is 0.495 e. The lowest BCUT2D eigenvalue weighted by Crippen LogP contribution is -2.12. The maximum atomic E-state index is 12.4. The number of hydrogen-bond acceptors (Lipinski definition) is 3. The van der Waals surface area contributed by atoms with Crippen molar-refractivity contribution in [3.63, 3.8) is 0 Å². The van der Waals surface area contributed by atoms with E-state index in [2.05, 4.69) is 21.2 Å². The number of carbonyl (C=O) groups excluding carboxylic acids is 1. The van der Waals surface area contributed by atoms with Crippen molar-refractivity contribution in [2.45, 2.75) is 6.92 Å². The molecule has 2 rings (SSSR count). The lowest BCUT2D eigenvalue weighted by atomic mass is 10.1. The Labute approximate surface area is 142 Å². The molecule has 0 aromatic heterocycles. The minimum atomic E-state index is -0.296. The van der Waals surface area contributed by atoms with Crippen molar-refractivity contribution in [2.75, 3.05) is 19.5 Å². The smallest absolute Gasteiger partial charge is 0.255 e. The van der Waals surface area contributed by atoms with Crippen LogP contribution in [0.25, 0.3) is 0 Å². The number of ether oxygens (including phenoxy) is 2. The molecule has 22 heavy (non-hydrogen) atoms. The SMILES string of the molecule is COc1cc(C(=O)Nc2ccc(C)cc2Cl)cc(OC)c1Br. The van der Waals surface area contributed by atoms with Crippen molar-refractivity contribution >= 4 is 39.1 Å². The van der Waals surface area contributed by atoms with Gasteiger partial charge in [0.25, 0.3) is 5.91 Å². The summed E-state index contributed by atoms with van der Waals surface area (Å²) >= 11 is 9.50. The number of amides is 1. The van der Waals surface area contributed by atoms with Gasteiger partial charge in [0.1, 0.15) is 16.0 Å². The highest BCUT2D eigenvalue weighted by molar-refractivity contribution is 9.10. The Morgan fingerprint density at radius 1 is 1.14 bits per heavy atom. The molecule has 2 aromatic rings. The van der Waals surface area contributed by atoms with Crippen LogP contribution in [0.1, 0.15) is 15.9 Å². The Bertz CT molecular complexity index is 694.